The number of halogens is 2. The zero-order valence-corrected chi connectivity index (χ0v) is 15.3. The minimum absolute atomic E-state index is 0.0221. The van der Waals surface area contributed by atoms with Gasteiger partial charge in [-0.05, 0) is 42.7 Å². The van der Waals surface area contributed by atoms with Crippen molar-refractivity contribution in [2.24, 2.45) is 0 Å². The van der Waals surface area contributed by atoms with Crippen LogP contribution < -0.4 is 5.32 Å². The van der Waals surface area contributed by atoms with Crippen LogP contribution in [0.1, 0.15) is 54.3 Å². The fraction of sp³-hybridized carbons (Fsp3) is 0.250. The van der Waals surface area contributed by atoms with Crippen molar-refractivity contribution in [3.8, 4) is 5.82 Å². The van der Waals surface area contributed by atoms with Crippen molar-refractivity contribution in [1.29, 1.82) is 0 Å². The molecular formula is C20H20F2N4O. The van der Waals surface area contributed by atoms with E-state index in [1.54, 1.807) is 23.9 Å². The Morgan fingerprint density at radius 1 is 1.11 bits per heavy atom. The summed E-state index contributed by atoms with van der Waals surface area (Å²) in [6.07, 6.45) is 3.16. The number of hydrogen-bond donors (Lipinski definition) is 1. The maximum absolute atomic E-state index is 13.5. The molecule has 1 N–H and O–H groups in total. The molecule has 7 heteroatoms. The summed E-state index contributed by atoms with van der Waals surface area (Å²) in [4.78, 5) is 17.1. The van der Waals surface area contributed by atoms with Gasteiger partial charge in [-0.1, -0.05) is 26.0 Å². The third kappa shape index (κ3) is 3.86. The van der Waals surface area contributed by atoms with Crippen LogP contribution in [0.4, 0.5) is 8.78 Å². The Hall–Kier alpha value is -3.09. The first-order valence-electron chi connectivity index (χ1n) is 8.63. The van der Waals surface area contributed by atoms with E-state index in [9.17, 15) is 13.6 Å². The number of nitrogens with one attached hydrogen (secondary N) is 1. The summed E-state index contributed by atoms with van der Waals surface area (Å²) in [5.41, 5.74) is 1.62. The maximum Gasteiger partial charge on any atom is 0.255 e. The number of benzene rings is 1. The second kappa shape index (κ2) is 7.65. The lowest BCUT2D eigenvalue weighted by Crippen LogP contribution is -2.27. The number of carbonyl (C=O) groups is 1. The monoisotopic (exact) mass is 370 g/mol. The van der Waals surface area contributed by atoms with Gasteiger partial charge in [-0.3, -0.25) is 4.79 Å². The normalized spacial score (nSPS) is 12.2. The average Bonchev–Trinajstić information content (AvgIpc) is 3.10. The summed E-state index contributed by atoms with van der Waals surface area (Å²) in [6.45, 7) is 5.64. The number of carbonyl (C=O) groups excluding carboxylic acids is 1. The van der Waals surface area contributed by atoms with Gasteiger partial charge in [-0.25, -0.2) is 18.4 Å². The number of amides is 1. The second-order valence-electron chi connectivity index (χ2n) is 6.57. The minimum atomic E-state index is -0.945. The standard InChI is InChI=1S/C20H20F2N4O/c1-12(2)19-15(11-24-26(19)18-6-4-5-9-23-18)20(27)25-13(3)14-7-8-16(21)17(22)10-14/h4-13H,1-3H3,(H,25,27)/t13-/m0/s1. The Morgan fingerprint density at radius 2 is 1.89 bits per heavy atom. The van der Waals surface area contributed by atoms with Gasteiger partial charge in [0.2, 0.25) is 0 Å². The number of nitrogens with zero attached hydrogens (tertiary/aromatic N) is 3. The van der Waals surface area contributed by atoms with Crippen LogP contribution in [0.5, 0.6) is 0 Å². The van der Waals surface area contributed by atoms with E-state index < -0.39 is 17.7 Å². The summed E-state index contributed by atoms with van der Waals surface area (Å²) in [5.74, 6) is -1.56. The first-order valence-corrected chi connectivity index (χ1v) is 8.63. The van der Waals surface area contributed by atoms with E-state index in [0.29, 0.717) is 16.9 Å². The highest BCUT2D eigenvalue weighted by atomic mass is 19.2. The zero-order chi connectivity index (χ0) is 19.6. The first-order chi connectivity index (χ1) is 12.9. The molecule has 3 rings (SSSR count). The summed E-state index contributed by atoms with van der Waals surface area (Å²) in [7, 11) is 0. The van der Waals surface area contributed by atoms with Gasteiger partial charge in [-0.15, -0.1) is 0 Å². The van der Waals surface area contributed by atoms with Crippen LogP contribution >= 0.6 is 0 Å². The van der Waals surface area contributed by atoms with Crippen molar-refractivity contribution in [3.63, 3.8) is 0 Å². The van der Waals surface area contributed by atoms with E-state index in [0.717, 1.165) is 17.8 Å². The Morgan fingerprint density at radius 3 is 2.52 bits per heavy atom. The number of rotatable bonds is 5. The molecule has 0 unspecified atom stereocenters. The molecule has 0 saturated carbocycles. The smallest absolute Gasteiger partial charge is 0.255 e. The lowest BCUT2D eigenvalue weighted by Gasteiger charge is -2.16. The van der Waals surface area contributed by atoms with Crippen LogP contribution in [0.15, 0.2) is 48.8 Å². The second-order valence-corrected chi connectivity index (χ2v) is 6.57. The SMILES string of the molecule is CC(C)c1c(C(=O)N[C@@H](C)c2ccc(F)c(F)c2)cnn1-c1ccccn1. The number of pyridine rings is 1. The van der Waals surface area contributed by atoms with E-state index in [1.807, 2.05) is 26.0 Å². The van der Waals surface area contributed by atoms with Crippen molar-refractivity contribution >= 4 is 5.91 Å². The van der Waals surface area contributed by atoms with Gasteiger partial charge in [0, 0.05) is 6.20 Å². The lowest BCUT2D eigenvalue weighted by molar-refractivity contribution is 0.0938. The van der Waals surface area contributed by atoms with Crippen LogP contribution in [-0.2, 0) is 0 Å². The molecule has 0 radical (unpaired) electrons. The van der Waals surface area contributed by atoms with E-state index in [2.05, 4.69) is 15.4 Å². The molecule has 27 heavy (non-hydrogen) atoms. The van der Waals surface area contributed by atoms with E-state index in [1.165, 1.54) is 12.3 Å². The molecule has 0 bridgehead atoms. The van der Waals surface area contributed by atoms with E-state index >= 15 is 0 Å². The Balaban J connectivity index is 1.88. The summed E-state index contributed by atoms with van der Waals surface area (Å²) >= 11 is 0. The molecule has 2 heterocycles. The van der Waals surface area contributed by atoms with Gasteiger partial charge < -0.3 is 5.32 Å². The molecular weight excluding hydrogens is 350 g/mol. The molecule has 140 valence electrons. The first kappa shape index (κ1) is 18.7. The summed E-state index contributed by atoms with van der Waals surface area (Å²) < 4.78 is 28.2. The maximum atomic E-state index is 13.5. The molecule has 0 spiro atoms. The van der Waals surface area contributed by atoms with Crippen molar-refractivity contribution < 1.29 is 13.6 Å². The molecule has 0 fully saturated rings. The van der Waals surface area contributed by atoms with Gasteiger partial charge in [0.25, 0.3) is 5.91 Å². The van der Waals surface area contributed by atoms with Crippen molar-refractivity contribution in [3.05, 3.63) is 77.2 Å². The summed E-state index contributed by atoms with van der Waals surface area (Å²) in [6, 6.07) is 8.55. The van der Waals surface area contributed by atoms with E-state index in [-0.39, 0.29) is 11.8 Å². The van der Waals surface area contributed by atoms with Crippen LogP contribution in [0.3, 0.4) is 0 Å². The minimum Gasteiger partial charge on any atom is -0.345 e. The number of aromatic nitrogens is 3. The molecule has 2 aromatic heterocycles. The molecule has 0 aliphatic rings. The van der Waals surface area contributed by atoms with Crippen LogP contribution in [-0.4, -0.2) is 20.7 Å². The molecule has 5 nitrogen and oxygen atoms in total. The van der Waals surface area contributed by atoms with Crippen molar-refractivity contribution in [2.75, 3.05) is 0 Å². The van der Waals surface area contributed by atoms with Crippen LogP contribution in [0.25, 0.3) is 5.82 Å². The quantitative estimate of drug-likeness (QED) is 0.734. The average molecular weight is 370 g/mol. The largest absolute Gasteiger partial charge is 0.345 e. The van der Waals surface area contributed by atoms with Gasteiger partial charge in [0.1, 0.15) is 0 Å². The van der Waals surface area contributed by atoms with Gasteiger partial charge in [-0.2, -0.15) is 5.10 Å². The highest BCUT2D eigenvalue weighted by Crippen LogP contribution is 2.23. The predicted molar refractivity (Wildman–Crippen MR) is 97.7 cm³/mol. The topological polar surface area (TPSA) is 59.8 Å². The van der Waals surface area contributed by atoms with Gasteiger partial charge in [0.15, 0.2) is 17.5 Å². The zero-order valence-electron chi connectivity index (χ0n) is 15.3. The molecule has 1 amide bonds. The van der Waals surface area contributed by atoms with Crippen LogP contribution in [0.2, 0.25) is 0 Å². The predicted octanol–water partition coefficient (Wildman–Crippen LogP) is 4.16. The molecule has 0 aliphatic heterocycles. The fourth-order valence-corrected chi connectivity index (χ4v) is 2.89. The lowest BCUT2D eigenvalue weighted by atomic mass is 10.0. The third-order valence-electron chi connectivity index (χ3n) is 4.26. The van der Waals surface area contributed by atoms with Crippen LogP contribution in [0, 0.1) is 11.6 Å². The molecule has 0 saturated heterocycles. The van der Waals surface area contributed by atoms with Gasteiger partial charge in [0.05, 0.1) is 23.5 Å². The highest BCUT2D eigenvalue weighted by molar-refractivity contribution is 5.95. The Bertz CT molecular complexity index is 954. The Kier molecular flexibility index (Phi) is 5.30. The molecule has 3 aromatic rings. The van der Waals surface area contributed by atoms with Crippen molar-refractivity contribution in [1.82, 2.24) is 20.1 Å². The van der Waals surface area contributed by atoms with E-state index in [4.69, 9.17) is 0 Å². The highest BCUT2D eigenvalue weighted by Gasteiger charge is 2.23. The fourth-order valence-electron chi connectivity index (χ4n) is 2.89. The Labute approximate surface area is 156 Å². The molecule has 1 aromatic carbocycles. The third-order valence-corrected chi connectivity index (χ3v) is 4.26. The number of hydrogen-bond acceptors (Lipinski definition) is 3. The van der Waals surface area contributed by atoms with Gasteiger partial charge >= 0.3 is 0 Å². The van der Waals surface area contributed by atoms with Crippen molar-refractivity contribution in [2.45, 2.75) is 32.7 Å². The molecule has 1 atom stereocenters. The molecule has 0 aliphatic carbocycles. The summed E-state index contributed by atoms with van der Waals surface area (Å²) in [5, 5.41) is 7.14.